The molecule has 0 aromatic rings. The number of carbonyl (C=O) groups is 2. The van der Waals surface area contributed by atoms with Gasteiger partial charge in [-0.15, -0.1) is 0 Å². The third-order valence-electron chi connectivity index (χ3n) is 7.20. The number of nitrogens with zero attached hydrogens (tertiary/aromatic N) is 2. The maximum atomic E-state index is 12.3. The van der Waals surface area contributed by atoms with Crippen molar-refractivity contribution >= 4 is 33.9 Å². The van der Waals surface area contributed by atoms with Gasteiger partial charge in [0.1, 0.15) is 12.2 Å². The minimum Gasteiger partial charge on any atom is -0.459 e. The van der Waals surface area contributed by atoms with Gasteiger partial charge in [0.15, 0.2) is 0 Å². The van der Waals surface area contributed by atoms with Crippen molar-refractivity contribution in [1.82, 2.24) is 8.61 Å². The summed E-state index contributed by atoms with van der Waals surface area (Å²) in [6.45, 7) is 28.8. The van der Waals surface area contributed by atoms with E-state index in [0.29, 0.717) is 11.1 Å². The Hall–Kier alpha value is -0.960. The second-order valence-electron chi connectivity index (χ2n) is 12.9. The third kappa shape index (κ3) is 7.33. The maximum Gasteiger partial charge on any atom is 0.333 e. The van der Waals surface area contributed by atoms with Crippen LogP contribution in [0.4, 0.5) is 0 Å². The van der Waals surface area contributed by atoms with Gasteiger partial charge in [0.05, 0.1) is 0 Å². The molecule has 206 valence electrons. The van der Waals surface area contributed by atoms with Crippen molar-refractivity contribution in [3.05, 3.63) is 24.3 Å². The molecule has 0 aromatic heterocycles. The first-order chi connectivity index (χ1) is 16.3. The predicted molar refractivity (Wildman–Crippen MR) is 152 cm³/mol. The van der Waals surface area contributed by atoms with Crippen LogP contribution in [-0.2, 0) is 19.1 Å². The molecule has 0 aromatic carbocycles. The Bertz CT molecular complexity index is 852. The van der Waals surface area contributed by atoms with Crippen molar-refractivity contribution in [2.75, 3.05) is 0 Å². The Morgan fingerprint density at radius 3 is 1.50 bits per heavy atom. The summed E-state index contributed by atoms with van der Waals surface area (Å²) in [5.41, 5.74) is 0.216. The van der Waals surface area contributed by atoms with Crippen LogP contribution >= 0.6 is 22.0 Å². The van der Waals surface area contributed by atoms with Gasteiger partial charge in [0.2, 0.25) is 0 Å². The molecule has 2 unspecified atom stereocenters. The van der Waals surface area contributed by atoms with Crippen LogP contribution < -0.4 is 0 Å². The molecule has 0 aliphatic carbocycles. The van der Waals surface area contributed by atoms with Gasteiger partial charge in [-0.2, -0.15) is 0 Å². The van der Waals surface area contributed by atoms with Gasteiger partial charge in [0, 0.05) is 80.9 Å². The number of esters is 2. The van der Waals surface area contributed by atoms with E-state index in [1.54, 1.807) is 35.8 Å². The summed E-state index contributed by atoms with van der Waals surface area (Å²) >= 11 is 0. The summed E-state index contributed by atoms with van der Waals surface area (Å²) in [6, 6.07) is 0. The quantitative estimate of drug-likeness (QED) is 0.131. The lowest BCUT2D eigenvalue weighted by Crippen LogP contribution is -2.61. The number of hydrogen-bond acceptors (Lipinski definition) is 8. The highest BCUT2D eigenvalue weighted by molar-refractivity contribution is 8.74. The van der Waals surface area contributed by atoms with E-state index in [-0.39, 0.29) is 46.3 Å². The predicted octanol–water partition coefficient (Wildman–Crippen LogP) is 7.26. The topological polar surface area (TPSA) is 59.1 Å². The lowest BCUT2D eigenvalue weighted by atomic mass is 9.77. The zero-order chi connectivity index (χ0) is 27.7. The van der Waals surface area contributed by atoms with Gasteiger partial charge in [-0.3, -0.25) is 0 Å². The molecule has 2 saturated heterocycles. The van der Waals surface area contributed by atoms with Crippen LogP contribution in [0.25, 0.3) is 0 Å². The third-order valence-corrected chi connectivity index (χ3v) is 10.6. The number of rotatable bonds is 9. The molecule has 0 radical (unpaired) electrons. The van der Waals surface area contributed by atoms with E-state index < -0.39 is 0 Å². The minimum atomic E-state index is -0.311. The van der Waals surface area contributed by atoms with Crippen molar-refractivity contribution in [3.8, 4) is 0 Å². The van der Waals surface area contributed by atoms with E-state index in [0.717, 1.165) is 38.5 Å². The van der Waals surface area contributed by atoms with Gasteiger partial charge < -0.3 is 9.47 Å². The molecule has 0 spiro atoms. The number of carbonyl (C=O) groups excluding carboxylic acids is 2. The van der Waals surface area contributed by atoms with Gasteiger partial charge in [-0.25, -0.2) is 18.2 Å². The first kappa shape index (κ1) is 31.3. The highest BCUT2D eigenvalue weighted by atomic mass is 33.1. The molecular weight excluding hydrogens is 492 g/mol. The lowest BCUT2D eigenvalue weighted by molar-refractivity contribution is -0.152. The Morgan fingerprint density at radius 1 is 0.750 bits per heavy atom. The molecule has 2 aliphatic heterocycles. The first-order valence-corrected chi connectivity index (χ1v) is 15.1. The Morgan fingerprint density at radius 2 is 1.11 bits per heavy atom. The fraction of sp³-hybridized carbons (Fsp3) is 0.786. The minimum absolute atomic E-state index is 0.127. The van der Waals surface area contributed by atoms with Crippen LogP contribution in [0.2, 0.25) is 0 Å². The molecule has 8 heteroatoms. The smallest absolute Gasteiger partial charge is 0.333 e. The van der Waals surface area contributed by atoms with Crippen molar-refractivity contribution in [3.63, 3.8) is 0 Å². The van der Waals surface area contributed by atoms with Crippen molar-refractivity contribution in [1.29, 1.82) is 0 Å². The van der Waals surface area contributed by atoms with Gasteiger partial charge >= 0.3 is 11.9 Å². The van der Waals surface area contributed by atoms with Crippen LogP contribution in [0.15, 0.2) is 24.3 Å². The molecule has 0 bridgehead atoms. The van der Waals surface area contributed by atoms with Crippen LogP contribution in [-0.4, -0.2) is 54.9 Å². The summed E-state index contributed by atoms with van der Waals surface area (Å²) < 4.78 is 16.7. The lowest BCUT2D eigenvalue weighted by Gasteiger charge is -2.57. The Kier molecular flexibility index (Phi) is 9.92. The molecule has 2 heterocycles. The van der Waals surface area contributed by atoms with E-state index in [2.05, 4.69) is 77.2 Å². The number of hydrogen-bond donors (Lipinski definition) is 0. The average molecular weight is 541 g/mol. The van der Waals surface area contributed by atoms with E-state index in [1.807, 2.05) is 0 Å². The normalized spacial score (nSPS) is 28.3. The highest BCUT2D eigenvalue weighted by Crippen LogP contribution is 2.54. The standard InChI is InChI=1S/C28H48N2O4S2/c1-13-14-28(12)18-22(34-24(32)20(4)5)17-27(10,11)30(28)36-35-29-25(6,7)15-21(16-26(29,8)9)33-23(31)19(2)3/h21-22H,2,4,13-18H2,1,3,5-12H3. The van der Waals surface area contributed by atoms with E-state index >= 15 is 0 Å². The molecule has 6 nitrogen and oxygen atoms in total. The Balaban J connectivity index is 2.22. The van der Waals surface area contributed by atoms with Crippen LogP contribution in [0.5, 0.6) is 0 Å². The summed E-state index contributed by atoms with van der Waals surface area (Å²) in [7, 11) is 3.60. The molecule has 0 amide bonds. The van der Waals surface area contributed by atoms with E-state index in [9.17, 15) is 9.59 Å². The number of piperidine rings is 2. The average Bonchev–Trinajstić information content (AvgIpc) is 2.67. The largest absolute Gasteiger partial charge is 0.459 e. The molecule has 2 aliphatic rings. The molecule has 2 rings (SSSR count). The molecule has 0 saturated carbocycles. The number of ether oxygens (including phenoxy) is 2. The Labute approximate surface area is 227 Å². The van der Waals surface area contributed by atoms with E-state index in [1.165, 1.54) is 0 Å². The molecule has 2 atom stereocenters. The summed E-state index contributed by atoms with van der Waals surface area (Å²) in [5, 5.41) is 0. The second-order valence-corrected chi connectivity index (χ2v) is 14.8. The fourth-order valence-electron chi connectivity index (χ4n) is 6.06. The highest BCUT2D eigenvalue weighted by Gasteiger charge is 2.52. The second kappa shape index (κ2) is 11.4. The zero-order valence-electron chi connectivity index (χ0n) is 24.2. The molecular formula is C28H48N2O4S2. The zero-order valence-corrected chi connectivity index (χ0v) is 25.8. The van der Waals surface area contributed by atoms with Crippen LogP contribution in [0.3, 0.4) is 0 Å². The van der Waals surface area contributed by atoms with Crippen molar-refractivity contribution < 1.29 is 19.1 Å². The summed E-state index contributed by atoms with van der Waals surface area (Å²) in [6.07, 6.45) is 4.88. The summed E-state index contributed by atoms with van der Waals surface area (Å²) in [5.74, 6) is -0.613. The SMILES string of the molecule is C=C(C)C(=O)OC1CC(C)(C)N(SSN2C(C)(C)CC(OC(=O)C(=C)C)CC2(C)CCC)C(C)(C)C1. The van der Waals surface area contributed by atoms with Crippen molar-refractivity contribution in [2.45, 2.75) is 142 Å². The monoisotopic (exact) mass is 540 g/mol. The van der Waals surface area contributed by atoms with Gasteiger partial charge in [-0.05, 0) is 68.7 Å². The molecule has 0 N–H and O–H groups in total. The maximum absolute atomic E-state index is 12.3. The van der Waals surface area contributed by atoms with Crippen LogP contribution in [0, 0.1) is 0 Å². The van der Waals surface area contributed by atoms with Gasteiger partial charge in [-0.1, -0.05) is 26.5 Å². The molecule has 2 fully saturated rings. The van der Waals surface area contributed by atoms with Crippen molar-refractivity contribution in [2.24, 2.45) is 0 Å². The fourth-order valence-corrected chi connectivity index (χ4v) is 10.1. The van der Waals surface area contributed by atoms with Gasteiger partial charge in [0.25, 0.3) is 0 Å². The van der Waals surface area contributed by atoms with E-state index in [4.69, 9.17) is 9.47 Å². The first-order valence-electron chi connectivity index (χ1n) is 13.0. The molecule has 36 heavy (non-hydrogen) atoms. The van der Waals surface area contributed by atoms with Crippen LogP contribution in [0.1, 0.15) is 108 Å². The summed E-state index contributed by atoms with van der Waals surface area (Å²) in [4.78, 5) is 24.5.